The maximum absolute atomic E-state index is 5.36. The highest BCUT2D eigenvalue weighted by atomic mass is 15.0. The zero-order valence-electron chi connectivity index (χ0n) is 21.1. The fourth-order valence-corrected chi connectivity index (χ4v) is 7.02. The van der Waals surface area contributed by atoms with E-state index in [9.17, 15) is 0 Å². The van der Waals surface area contributed by atoms with E-state index in [0.717, 1.165) is 11.2 Å². The average Bonchev–Trinajstić information content (AvgIpc) is 3.43. The van der Waals surface area contributed by atoms with Gasteiger partial charge in [0.15, 0.2) is 0 Å². The van der Waals surface area contributed by atoms with Crippen LogP contribution in [0, 0.1) is 0 Å². The van der Waals surface area contributed by atoms with Crippen molar-refractivity contribution >= 4 is 72.2 Å². The maximum atomic E-state index is 5.36. The summed E-state index contributed by atoms with van der Waals surface area (Å²) in [5.41, 5.74) is 12.1. The van der Waals surface area contributed by atoms with Crippen molar-refractivity contribution < 1.29 is 0 Å². The minimum atomic E-state index is 0.177. The molecule has 2 aromatic heterocycles. The van der Waals surface area contributed by atoms with E-state index in [1.165, 1.54) is 65.5 Å². The van der Waals surface area contributed by atoms with Gasteiger partial charge in [0.2, 0.25) is 6.71 Å². The summed E-state index contributed by atoms with van der Waals surface area (Å²) in [4.78, 5) is 5.36. The van der Waals surface area contributed by atoms with E-state index in [1.54, 1.807) is 0 Å². The van der Waals surface area contributed by atoms with E-state index in [2.05, 4.69) is 111 Å². The standard InChI is InChI=1S/C33H27BN2/c1-18(2)22-12-8-13-23(19(3)4)29(22)34-26-16-15-20-10-7-14-25-28(20)31(26)36-32-27(34)17-21-9-5-6-11-24(21)30(32)35-33(25)36/h5-19H,1-4H3. The van der Waals surface area contributed by atoms with Crippen LogP contribution in [0.3, 0.4) is 0 Å². The van der Waals surface area contributed by atoms with Crippen LogP contribution in [-0.4, -0.2) is 16.1 Å². The van der Waals surface area contributed by atoms with E-state index < -0.39 is 0 Å². The first-order valence-corrected chi connectivity index (χ1v) is 13.2. The molecule has 8 rings (SSSR count). The third-order valence-electron chi connectivity index (χ3n) is 8.52. The van der Waals surface area contributed by atoms with Crippen LogP contribution in [0.2, 0.25) is 0 Å². The van der Waals surface area contributed by atoms with Crippen molar-refractivity contribution in [3.8, 4) is 0 Å². The summed E-state index contributed by atoms with van der Waals surface area (Å²) in [6.45, 7) is 9.52. The molecule has 7 aromatic rings. The van der Waals surface area contributed by atoms with Crippen LogP contribution in [0.1, 0.15) is 50.7 Å². The highest BCUT2D eigenvalue weighted by Gasteiger charge is 2.37. The number of nitrogens with zero attached hydrogens (tertiary/aromatic N) is 2. The molecular weight excluding hydrogens is 435 g/mol. The molecule has 1 aliphatic rings. The molecular formula is C33H27BN2. The van der Waals surface area contributed by atoms with Crippen LogP contribution in [-0.2, 0) is 0 Å². The van der Waals surface area contributed by atoms with E-state index in [1.807, 2.05) is 0 Å². The van der Waals surface area contributed by atoms with Gasteiger partial charge in [0, 0.05) is 16.2 Å². The van der Waals surface area contributed by atoms with Crippen molar-refractivity contribution in [3.05, 3.63) is 90.0 Å². The molecule has 36 heavy (non-hydrogen) atoms. The van der Waals surface area contributed by atoms with Crippen LogP contribution in [0.15, 0.2) is 78.9 Å². The third-order valence-corrected chi connectivity index (χ3v) is 8.52. The molecule has 2 nitrogen and oxygen atoms in total. The zero-order chi connectivity index (χ0) is 24.3. The Morgan fingerprint density at radius 1 is 0.667 bits per heavy atom. The first kappa shape index (κ1) is 20.4. The first-order chi connectivity index (χ1) is 17.5. The van der Waals surface area contributed by atoms with Gasteiger partial charge >= 0.3 is 0 Å². The minimum absolute atomic E-state index is 0.177. The second-order valence-corrected chi connectivity index (χ2v) is 11.2. The highest BCUT2D eigenvalue weighted by Crippen LogP contribution is 2.38. The fraction of sp³-hybridized carbons (Fsp3) is 0.182. The van der Waals surface area contributed by atoms with Crippen LogP contribution < -0.4 is 16.4 Å². The Morgan fingerprint density at radius 2 is 1.36 bits per heavy atom. The second-order valence-electron chi connectivity index (χ2n) is 11.2. The van der Waals surface area contributed by atoms with Crippen molar-refractivity contribution in [3.63, 3.8) is 0 Å². The third kappa shape index (κ3) is 2.36. The Labute approximate surface area is 211 Å². The van der Waals surface area contributed by atoms with Crippen molar-refractivity contribution in [1.29, 1.82) is 0 Å². The van der Waals surface area contributed by atoms with E-state index in [0.29, 0.717) is 11.8 Å². The highest BCUT2D eigenvalue weighted by molar-refractivity contribution is 6.99. The molecule has 0 aliphatic carbocycles. The summed E-state index contributed by atoms with van der Waals surface area (Å²) in [7, 11) is 0. The molecule has 0 saturated carbocycles. The molecule has 0 spiro atoms. The lowest BCUT2D eigenvalue weighted by Crippen LogP contribution is -2.57. The van der Waals surface area contributed by atoms with Crippen molar-refractivity contribution in [2.45, 2.75) is 39.5 Å². The summed E-state index contributed by atoms with van der Waals surface area (Å²) in [5, 5.41) is 6.43. The molecule has 0 fully saturated rings. The van der Waals surface area contributed by atoms with Crippen LogP contribution in [0.25, 0.3) is 49.1 Å². The quantitative estimate of drug-likeness (QED) is 0.276. The fourth-order valence-electron chi connectivity index (χ4n) is 7.02. The summed E-state index contributed by atoms with van der Waals surface area (Å²) in [6, 6.07) is 29.6. The van der Waals surface area contributed by atoms with E-state index in [-0.39, 0.29) is 6.71 Å². The number of rotatable bonds is 3. The van der Waals surface area contributed by atoms with Gasteiger partial charge < -0.3 is 0 Å². The number of hydrogen-bond acceptors (Lipinski definition) is 1. The molecule has 0 amide bonds. The number of benzene rings is 5. The van der Waals surface area contributed by atoms with Gasteiger partial charge in [-0.25, -0.2) is 4.98 Å². The van der Waals surface area contributed by atoms with Gasteiger partial charge in [0.25, 0.3) is 0 Å². The van der Waals surface area contributed by atoms with Gasteiger partial charge in [-0.3, -0.25) is 4.40 Å². The van der Waals surface area contributed by atoms with Gasteiger partial charge in [-0.1, -0.05) is 112 Å². The van der Waals surface area contributed by atoms with Gasteiger partial charge in [0.1, 0.15) is 5.65 Å². The summed E-state index contributed by atoms with van der Waals surface area (Å²) >= 11 is 0. The molecule has 0 saturated heterocycles. The van der Waals surface area contributed by atoms with E-state index >= 15 is 0 Å². The topological polar surface area (TPSA) is 17.3 Å². The number of aromatic nitrogens is 2. The number of imidazole rings is 1. The predicted octanol–water partition coefficient (Wildman–Crippen LogP) is 6.46. The van der Waals surface area contributed by atoms with Crippen molar-refractivity contribution in [1.82, 2.24) is 9.38 Å². The zero-order valence-corrected chi connectivity index (χ0v) is 21.1. The molecule has 0 bridgehead atoms. The van der Waals surface area contributed by atoms with Crippen molar-refractivity contribution in [2.75, 3.05) is 0 Å². The van der Waals surface area contributed by atoms with Crippen LogP contribution in [0.4, 0.5) is 0 Å². The lowest BCUT2D eigenvalue weighted by molar-refractivity contribution is 0.845. The second kappa shape index (κ2) is 6.88. The number of fused-ring (bicyclic) bond motifs is 3. The SMILES string of the molecule is CC(C)c1cccc(C(C)C)c1B1c2cc3ccccc3c3nc4c5cccc6ccc1c(c65)n4c23. The molecule has 5 aromatic carbocycles. The van der Waals surface area contributed by atoms with Crippen molar-refractivity contribution in [2.24, 2.45) is 0 Å². The normalized spacial score (nSPS) is 13.4. The lowest BCUT2D eigenvalue weighted by atomic mass is 9.33. The maximum Gasteiger partial charge on any atom is 0.247 e. The monoisotopic (exact) mass is 462 g/mol. The van der Waals surface area contributed by atoms with Crippen LogP contribution in [0.5, 0.6) is 0 Å². The Bertz CT molecular complexity index is 1980. The molecule has 172 valence electrons. The van der Waals surface area contributed by atoms with Gasteiger partial charge in [-0.2, -0.15) is 0 Å². The lowest BCUT2D eigenvalue weighted by Gasteiger charge is -2.29. The number of hydrogen-bond donors (Lipinski definition) is 0. The molecule has 0 radical (unpaired) electrons. The smallest absolute Gasteiger partial charge is 0.247 e. The molecule has 0 unspecified atom stereocenters. The Kier molecular flexibility index (Phi) is 3.89. The Balaban J connectivity index is 1.66. The molecule has 3 heteroatoms. The first-order valence-electron chi connectivity index (χ1n) is 13.2. The average molecular weight is 462 g/mol. The molecule has 0 N–H and O–H groups in total. The van der Waals surface area contributed by atoms with Gasteiger partial charge in [-0.15, -0.1) is 0 Å². The molecule has 3 heterocycles. The molecule has 1 aliphatic heterocycles. The summed E-state index contributed by atoms with van der Waals surface area (Å²) < 4.78 is 2.48. The van der Waals surface area contributed by atoms with Crippen LogP contribution >= 0.6 is 0 Å². The predicted molar refractivity (Wildman–Crippen MR) is 156 cm³/mol. The minimum Gasteiger partial charge on any atom is -0.293 e. The van der Waals surface area contributed by atoms with Gasteiger partial charge in [-0.05, 0) is 44.7 Å². The van der Waals surface area contributed by atoms with Gasteiger partial charge in [0.05, 0.1) is 16.6 Å². The van der Waals surface area contributed by atoms with E-state index in [4.69, 9.17) is 4.98 Å². The largest absolute Gasteiger partial charge is 0.293 e. The Hall–Kier alpha value is -3.85. The Morgan fingerprint density at radius 3 is 2.14 bits per heavy atom. The molecule has 0 atom stereocenters. The summed E-state index contributed by atoms with van der Waals surface area (Å²) in [6.07, 6.45) is 0. The summed E-state index contributed by atoms with van der Waals surface area (Å²) in [5.74, 6) is 0.892.